The molecule has 29 heavy (non-hydrogen) atoms. The van der Waals surface area contributed by atoms with Gasteiger partial charge in [0.15, 0.2) is 11.5 Å². The number of aliphatic hydroxyl groups is 1. The third-order valence-electron chi connectivity index (χ3n) is 4.75. The number of aliphatic hydroxyl groups excluding tert-OH is 1. The summed E-state index contributed by atoms with van der Waals surface area (Å²) >= 11 is 0. The van der Waals surface area contributed by atoms with E-state index >= 15 is 0 Å². The van der Waals surface area contributed by atoms with E-state index in [2.05, 4.69) is 4.90 Å². The molecule has 7 heteroatoms. The van der Waals surface area contributed by atoms with Gasteiger partial charge >= 0.3 is 0 Å². The Morgan fingerprint density at radius 2 is 1.90 bits per heavy atom. The maximum absolute atomic E-state index is 14.3. The fourth-order valence-electron chi connectivity index (χ4n) is 3.54. The third kappa shape index (κ3) is 4.41. The van der Waals surface area contributed by atoms with E-state index in [4.69, 9.17) is 9.47 Å². The summed E-state index contributed by atoms with van der Waals surface area (Å²) in [5.41, 5.74) is 2.13. The molecule has 1 aromatic heterocycles. The van der Waals surface area contributed by atoms with E-state index in [1.54, 1.807) is 17.7 Å². The van der Waals surface area contributed by atoms with E-state index in [-0.39, 0.29) is 12.5 Å². The fourth-order valence-corrected chi connectivity index (χ4v) is 3.54. The first kappa shape index (κ1) is 19.4. The number of nitrogens with zero attached hydrogens (tertiary/aromatic N) is 2. The second-order valence-electron chi connectivity index (χ2n) is 7.17. The summed E-state index contributed by atoms with van der Waals surface area (Å²) in [7, 11) is 0. The second-order valence-corrected chi connectivity index (χ2v) is 7.17. The van der Waals surface area contributed by atoms with E-state index in [0.29, 0.717) is 25.4 Å². The highest BCUT2D eigenvalue weighted by atomic mass is 19.1. The molecule has 0 spiro atoms. The monoisotopic (exact) mass is 400 g/mol. The summed E-state index contributed by atoms with van der Waals surface area (Å²) < 4.78 is 40.0. The molecule has 2 heterocycles. The average Bonchev–Trinajstić information content (AvgIpc) is 3.30. The number of ether oxygens (including phenoxy) is 2. The van der Waals surface area contributed by atoms with Crippen molar-refractivity contribution in [2.24, 2.45) is 0 Å². The van der Waals surface area contributed by atoms with Crippen molar-refractivity contribution < 1.29 is 23.4 Å². The number of rotatable bonds is 7. The van der Waals surface area contributed by atoms with Gasteiger partial charge in [0.05, 0.1) is 11.8 Å². The van der Waals surface area contributed by atoms with E-state index in [9.17, 15) is 13.9 Å². The van der Waals surface area contributed by atoms with Crippen LogP contribution in [0.5, 0.6) is 11.5 Å². The zero-order chi connectivity index (χ0) is 20.4. The number of hydrogen-bond acceptors (Lipinski definition) is 4. The maximum Gasteiger partial charge on any atom is 0.231 e. The minimum atomic E-state index is -0.625. The first-order valence-corrected chi connectivity index (χ1v) is 9.40. The van der Waals surface area contributed by atoms with Gasteiger partial charge in [-0.1, -0.05) is 6.07 Å². The molecule has 2 aromatic carbocycles. The molecule has 0 amide bonds. The number of benzene rings is 2. The molecule has 1 aliphatic heterocycles. The van der Waals surface area contributed by atoms with Crippen LogP contribution in [0.15, 0.2) is 54.7 Å². The van der Waals surface area contributed by atoms with Crippen molar-refractivity contribution in [1.29, 1.82) is 0 Å². The molecule has 0 saturated heterocycles. The lowest BCUT2D eigenvalue weighted by Crippen LogP contribution is -2.31. The SMILES string of the molecule is CC(O)CN(Cc1ccc2c(c1)OCO2)Cc1cccn1-c1ccc(F)cc1F. The summed E-state index contributed by atoms with van der Waals surface area (Å²) in [6.07, 6.45) is 1.21. The van der Waals surface area contributed by atoms with Gasteiger partial charge in [-0.05, 0) is 48.9 Å². The zero-order valence-corrected chi connectivity index (χ0v) is 16.0. The standard InChI is InChI=1S/C22H22F2N2O3/c1-15(27)11-25(12-16-4-7-21-22(9-16)29-14-28-21)13-18-3-2-8-26(18)20-6-5-17(23)10-19(20)24/h2-10,15,27H,11-14H2,1H3. The molecule has 1 atom stereocenters. The first-order chi connectivity index (χ1) is 14.0. The molecule has 3 aromatic rings. The van der Waals surface area contributed by atoms with Crippen LogP contribution in [0, 0.1) is 11.6 Å². The van der Waals surface area contributed by atoms with Gasteiger partial charge in [-0.15, -0.1) is 0 Å². The van der Waals surface area contributed by atoms with Crippen molar-refractivity contribution in [3.05, 3.63) is 77.6 Å². The lowest BCUT2D eigenvalue weighted by molar-refractivity contribution is 0.117. The Morgan fingerprint density at radius 1 is 1.07 bits per heavy atom. The van der Waals surface area contributed by atoms with Crippen molar-refractivity contribution >= 4 is 0 Å². The van der Waals surface area contributed by atoms with Gasteiger partial charge in [-0.25, -0.2) is 8.78 Å². The second kappa shape index (κ2) is 8.23. The number of fused-ring (bicyclic) bond motifs is 1. The van der Waals surface area contributed by atoms with Crippen LogP contribution in [0.2, 0.25) is 0 Å². The quantitative estimate of drug-likeness (QED) is 0.654. The van der Waals surface area contributed by atoms with Gasteiger partial charge in [0.25, 0.3) is 0 Å². The van der Waals surface area contributed by atoms with Crippen LogP contribution in [0.3, 0.4) is 0 Å². The summed E-state index contributed by atoms with van der Waals surface area (Å²) in [6.45, 7) is 3.42. The van der Waals surface area contributed by atoms with Gasteiger partial charge in [-0.2, -0.15) is 0 Å². The minimum Gasteiger partial charge on any atom is -0.454 e. The summed E-state index contributed by atoms with van der Waals surface area (Å²) in [5, 5.41) is 9.95. The lowest BCUT2D eigenvalue weighted by atomic mass is 10.1. The van der Waals surface area contributed by atoms with Gasteiger partial charge < -0.3 is 19.1 Å². The van der Waals surface area contributed by atoms with Crippen molar-refractivity contribution in [2.75, 3.05) is 13.3 Å². The van der Waals surface area contributed by atoms with E-state index in [1.807, 2.05) is 30.3 Å². The molecule has 1 unspecified atom stereocenters. The van der Waals surface area contributed by atoms with Crippen LogP contribution in [0.1, 0.15) is 18.2 Å². The maximum atomic E-state index is 14.3. The summed E-state index contributed by atoms with van der Waals surface area (Å²) in [6, 6.07) is 13.0. The van der Waals surface area contributed by atoms with Crippen molar-refractivity contribution in [2.45, 2.75) is 26.1 Å². The minimum absolute atomic E-state index is 0.215. The molecule has 0 saturated carbocycles. The van der Waals surface area contributed by atoms with Crippen LogP contribution in [0.25, 0.3) is 5.69 Å². The number of halogens is 2. The Bertz CT molecular complexity index is 1000. The van der Waals surface area contributed by atoms with Gasteiger partial charge in [0.2, 0.25) is 6.79 Å². The molecule has 1 aliphatic rings. The Balaban J connectivity index is 1.57. The van der Waals surface area contributed by atoms with Crippen LogP contribution in [-0.4, -0.2) is 34.0 Å². The molecular weight excluding hydrogens is 378 g/mol. The van der Waals surface area contributed by atoms with Crippen LogP contribution in [-0.2, 0) is 13.1 Å². The predicted molar refractivity (Wildman–Crippen MR) is 104 cm³/mol. The molecule has 0 aliphatic carbocycles. The molecule has 5 nitrogen and oxygen atoms in total. The molecular formula is C22H22F2N2O3. The predicted octanol–water partition coefficient (Wildman–Crippen LogP) is 3.87. The lowest BCUT2D eigenvalue weighted by Gasteiger charge is -2.25. The molecule has 4 rings (SSSR count). The molecule has 0 bridgehead atoms. The zero-order valence-electron chi connectivity index (χ0n) is 16.0. The van der Waals surface area contributed by atoms with Crippen LogP contribution >= 0.6 is 0 Å². The van der Waals surface area contributed by atoms with Crippen LogP contribution in [0.4, 0.5) is 8.78 Å². The normalized spacial score (nSPS) is 13.8. The van der Waals surface area contributed by atoms with Crippen molar-refractivity contribution in [3.8, 4) is 17.2 Å². The molecule has 152 valence electrons. The molecule has 0 fully saturated rings. The van der Waals surface area contributed by atoms with Gasteiger partial charge in [-0.3, -0.25) is 4.90 Å². The van der Waals surface area contributed by atoms with Crippen molar-refractivity contribution in [3.63, 3.8) is 0 Å². The smallest absolute Gasteiger partial charge is 0.231 e. The largest absolute Gasteiger partial charge is 0.454 e. The summed E-state index contributed by atoms with van der Waals surface area (Å²) in [5.74, 6) is 0.187. The Morgan fingerprint density at radius 3 is 2.69 bits per heavy atom. The topological polar surface area (TPSA) is 46.9 Å². The number of aromatic nitrogens is 1. The molecule has 1 N–H and O–H groups in total. The highest BCUT2D eigenvalue weighted by Crippen LogP contribution is 2.33. The summed E-state index contributed by atoms with van der Waals surface area (Å²) in [4.78, 5) is 2.06. The van der Waals surface area contributed by atoms with Gasteiger partial charge in [0.1, 0.15) is 11.6 Å². The first-order valence-electron chi connectivity index (χ1n) is 9.40. The van der Waals surface area contributed by atoms with Gasteiger partial charge in [0, 0.05) is 37.6 Å². The Hall–Kier alpha value is -2.90. The Labute approximate surface area is 167 Å². The highest BCUT2D eigenvalue weighted by Gasteiger charge is 2.17. The van der Waals surface area contributed by atoms with E-state index in [1.165, 1.54) is 12.1 Å². The van der Waals surface area contributed by atoms with Crippen LogP contribution < -0.4 is 9.47 Å². The number of hydrogen-bond donors (Lipinski definition) is 1. The fraction of sp³-hybridized carbons (Fsp3) is 0.273. The highest BCUT2D eigenvalue weighted by molar-refractivity contribution is 5.44. The average molecular weight is 400 g/mol. The Kier molecular flexibility index (Phi) is 5.51. The third-order valence-corrected chi connectivity index (χ3v) is 4.75. The van der Waals surface area contributed by atoms with E-state index in [0.717, 1.165) is 23.1 Å². The molecule has 0 radical (unpaired) electrons. The van der Waals surface area contributed by atoms with E-state index < -0.39 is 17.7 Å². The van der Waals surface area contributed by atoms with Crippen molar-refractivity contribution in [1.82, 2.24) is 9.47 Å².